The lowest BCUT2D eigenvalue weighted by Gasteiger charge is -2.04. The number of carboxylic acid groups (broad SMARTS) is 1. The fraction of sp³-hybridized carbons (Fsp3) is 0.286. The van der Waals surface area contributed by atoms with E-state index < -0.39 is 5.97 Å². The Morgan fingerprint density at radius 1 is 1.50 bits per heavy atom. The zero-order valence-corrected chi connectivity index (χ0v) is 12.5. The van der Waals surface area contributed by atoms with Gasteiger partial charge in [-0.25, -0.2) is 9.78 Å². The van der Waals surface area contributed by atoms with E-state index in [1.165, 1.54) is 11.3 Å². The third kappa shape index (κ3) is 3.71. The van der Waals surface area contributed by atoms with E-state index in [1.807, 2.05) is 19.1 Å². The molecule has 20 heavy (non-hydrogen) atoms. The topological polar surface area (TPSA) is 59.4 Å². The SMILES string of the molecule is CCc1nc(CCOc2cccc(Cl)c2)sc1C(=O)O. The van der Waals surface area contributed by atoms with Gasteiger partial charge in [0.1, 0.15) is 10.6 Å². The molecule has 0 saturated heterocycles. The molecule has 0 amide bonds. The maximum atomic E-state index is 11.1. The number of aryl methyl sites for hydroxylation is 1. The third-order valence-corrected chi connectivity index (χ3v) is 4.03. The predicted octanol–water partition coefficient (Wildman–Crippen LogP) is 3.68. The van der Waals surface area contributed by atoms with Crippen molar-refractivity contribution in [2.75, 3.05) is 6.61 Å². The molecule has 0 fully saturated rings. The molecule has 0 radical (unpaired) electrons. The summed E-state index contributed by atoms with van der Waals surface area (Å²) >= 11 is 7.08. The van der Waals surface area contributed by atoms with Crippen molar-refractivity contribution in [1.29, 1.82) is 0 Å². The number of aromatic carboxylic acids is 1. The van der Waals surface area contributed by atoms with E-state index in [4.69, 9.17) is 21.4 Å². The minimum absolute atomic E-state index is 0.324. The summed E-state index contributed by atoms with van der Waals surface area (Å²) in [6, 6.07) is 7.16. The Balaban J connectivity index is 1.96. The van der Waals surface area contributed by atoms with Crippen molar-refractivity contribution in [2.45, 2.75) is 19.8 Å². The van der Waals surface area contributed by atoms with Crippen LogP contribution in [0.3, 0.4) is 0 Å². The van der Waals surface area contributed by atoms with Gasteiger partial charge >= 0.3 is 5.97 Å². The standard InChI is InChI=1S/C14H14ClNO3S/c1-2-11-13(14(17)18)20-12(16-11)6-7-19-10-5-3-4-9(15)8-10/h3-5,8H,2,6-7H2,1H3,(H,17,18). The van der Waals surface area contributed by atoms with Crippen molar-refractivity contribution in [1.82, 2.24) is 4.98 Å². The lowest BCUT2D eigenvalue weighted by Crippen LogP contribution is -2.01. The molecule has 0 atom stereocenters. The van der Waals surface area contributed by atoms with Gasteiger partial charge in [-0.2, -0.15) is 0 Å². The van der Waals surface area contributed by atoms with Gasteiger partial charge in [0.15, 0.2) is 0 Å². The summed E-state index contributed by atoms with van der Waals surface area (Å²) < 4.78 is 5.57. The second-order valence-electron chi connectivity index (χ2n) is 4.10. The molecular weight excluding hydrogens is 298 g/mol. The number of ether oxygens (including phenoxy) is 1. The number of benzene rings is 1. The average Bonchev–Trinajstić information content (AvgIpc) is 2.82. The van der Waals surface area contributed by atoms with E-state index in [0.29, 0.717) is 40.8 Å². The second kappa shape index (κ2) is 6.72. The van der Waals surface area contributed by atoms with Gasteiger partial charge in [0.05, 0.1) is 17.3 Å². The fourth-order valence-electron chi connectivity index (χ4n) is 1.73. The molecular formula is C14H14ClNO3S. The van der Waals surface area contributed by atoms with Gasteiger partial charge in [-0.1, -0.05) is 24.6 Å². The number of rotatable bonds is 6. The summed E-state index contributed by atoms with van der Waals surface area (Å²) in [7, 11) is 0. The summed E-state index contributed by atoms with van der Waals surface area (Å²) in [5, 5.41) is 10.5. The largest absolute Gasteiger partial charge is 0.493 e. The first-order valence-electron chi connectivity index (χ1n) is 6.20. The Labute approximate surface area is 126 Å². The summed E-state index contributed by atoms with van der Waals surface area (Å²) in [6.07, 6.45) is 1.20. The summed E-state index contributed by atoms with van der Waals surface area (Å²) in [6.45, 7) is 2.34. The molecule has 2 rings (SSSR count). The smallest absolute Gasteiger partial charge is 0.347 e. The Kier molecular flexibility index (Phi) is 4.98. The Bertz CT molecular complexity index is 612. The van der Waals surface area contributed by atoms with Crippen LogP contribution in [-0.4, -0.2) is 22.7 Å². The predicted molar refractivity (Wildman–Crippen MR) is 79.1 cm³/mol. The molecule has 6 heteroatoms. The van der Waals surface area contributed by atoms with E-state index in [1.54, 1.807) is 12.1 Å². The molecule has 2 aromatic rings. The molecule has 0 aliphatic heterocycles. The van der Waals surface area contributed by atoms with Crippen LogP contribution in [0.2, 0.25) is 5.02 Å². The Hall–Kier alpha value is -1.59. The van der Waals surface area contributed by atoms with Crippen molar-refractivity contribution >= 4 is 28.9 Å². The van der Waals surface area contributed by atoms with Gasteiger partial charge in [-0.05, 0) is 24.6 Å². The zero-order chi connectivity index (χ0) is 14.5. The number of carboxylic acids is 1. The molecule has 0 aliphatic carbocycles. The first-order valence-corrected chi connectivity index (χ1v) is 7.40. The van der Waals surface area contributed by atoms with Crippen LogP contribution in [0.25, 0.3) is 0 Å². The van der Waals surface area contributed by atoms with Gasteiger partial charge in [0.2, 0.25) is 0 Å². The minimum Gasteiger partial charge on any atom is -0.493 e. The Morgan fingerprint density at radius 2 is 2.30 bits per heavy atom. The van der Waals surface area contributed by atoms with Crippen LogP contribution in [0.4, 0.5) is 0 Å². The van der Waals surface area contributed by atoms with Gasteiger partial charge in [0.25, 0.3) is 0 Å². The van der Waals surface area contributed by atoms with Crippen molar-refractivity contribution < 1.29 is 14.6 Å². The van der Waals surface area contributed by atoms with Crippen molar-refractivity contribution in [3.05, 3.63) is 44.9 Å². The van der Waals surface area contributed by atoms with Crippen LogP contribution >= 0.6 is 22.9 Å². The monoisotopic (exact) mass is 311 g/mol. The molecule has 0 unspecified atom stereocenters. The zero-order valence-electron chi connectivity index (χ0n) is 10.9. The number of carbonyl (C=O) groups is 1. The lowest BCUT2D eigenvalue weighted by molar-refractivity contribution is 0.0701. The quantitative estimate of drug-likeness (QED) is 0.884. The van der Waals surface area contributed by atoms with E-state index in [0.717, 1.165) is 5.01 Å². The van der Waals surface area contributed by atoms with E-state index in [9.17, 15) is 4.79 Å². The number of aromatic nitrogens is 1. The van der Waals surface area contributed by atoms with Crippen LogP contribution in [-0.2, 0) is 12.8 Å². The van der Waals surface area contributed by atoms with Crippen LogP contribution in [0.1, 0.15) is 27.3 Å². The molecule has 106 valence electrons. The van der Waals surface area contributed by atoms with Gasteiger partial charge in [-0.15, -0.1) is 11.3 Å². The van der Waals surface area contributed by atoms with Gasteiger partial charge in [-0.3, -0.25) is 0 Å². The highest BCUT2D eigenvalue weighted by atomic mass is 35.5. The summed E-state index contributed by atoms with van der Waals surface area (Å²) in [4.78, 5) is 15.7. The molecule has 4 nitrogen and oxygen atoms in total. The third-order valence-electron chi connectivity index (χ3n) is 2.65. The normalized spacial score (nSPS) is 10.5. The average molecular weight is 312 g/mol. The fourth-order valence-corrected chi connectivity index (χ4v) is 2.88. The minimum atomic E-state index is -0.915. The summed E-state index contributed by atoms with van der Waals surface area (Å²) in [5.41, 5.74) is 0.639. The first kappa shape index (κ1) is 14.8. The first-order chi connectivity index (χ1) is 9.60. The number of halogens is 1. The van der Waals surface area contributed by atoms with Crippen molar-refractivity contribution in [3.63, 3.8) is 0 Å². The van der Waals surface area contributed by atoms with Crippen LogP contribution in [0.15, 0.2) is 24.3 Å². The Morgan fingerprint density at radius 3 is 2.90 bits per heavy atom. The van der Waals surface area contributed by atoms with Crippen LogP contribution < -0.4 is 4.74 Å². The number of hydrogen-bond donors (Lipinski definition) is 1. The second-order valence-corrected chi connectivity index (χ2v) is 5.62. The van der Waals surface area contributed by atoms with E-state index in [-0.39, 0.29) is 0 Å². The van der Waals surface area contributed by atoms with Gasteiger partial charge < -0.3 is 9.84 Å². The molecule has 1 aromatic heterocycles. The molecule has 1 aromatic carbocycles. The van der Waals surface area contributed by atoms with Crippen molar-refractivity contribution in [3.8, 4) is 5.75 Å². The number of nitrogens with zero attached hydrogens (tertiary/aromatic N) is 1. The highest BCUT2D eigenvalue weighted by Crippen LogP contribution is 2.21. The van der Waals surface area contributed by atoms with Crippen LogP contribution in [0, 0.1) is 0 Å². The lowest BCUT2D eigenvalue weighted by atomic mass is 10.3. The van der Waals surface area contributed by atoms with Crippen molar-refractivity contribution in [2.24, 2.45) is 0 Å². The molecule has 0 saturated carbocycles. The van der Waals surface area contributed by atoms with E-state index >= 15 is 0 Å². The molecule has 0 bridgehead atoms. The molecule has 0 aliphatic rings. The van der Waals surface area contributed by atoms with Crippen LogP contribution in [0.5, 0.6) is 5.75 Å². The summed E-state index contributed by atoms with van der Waals surface area (Å²) in [5.74, 6) is -0.218. The molecule has 0 spiro atoms. The maximum absolute atomic E-state index is 11.1. The number of hydrogen-bond acceptors (Lipinski definition) is 4. The number of thiazole rings is 1. The molecule has 1 heterocycles. The molecule has 1 N–H and O–H groups in total. The van der Waals surface area contributed by atoms with Gasteiger partial charge in [0, 0.05) is 11.4 Å². The van der Waals surface area contributed by atoms with E-state index in [2.05, 4.69) is 4.98 Å². The maximum Gasteiger partial charge on any atom is 0.347 e. The highest BCUT2D eigenvalue weighted by Gasteiger charge is 2.15. The highest BCUT2D eigenvalue weighted by molar-refractivity contribution is 7.13.